The van der Waals surface area contributed by atoms with E-state index in [4.69, 9.17) is 5.11 Å². The molecule has 0 radical (unpaired) electrons. The Kier molecular flexibility index (Phi) is 5.34. The number of nitrogens with zero attached hydrogens (tertiary/aromatic N) is 2. The summed E-state index contributed by atoms with van der Waals surface area (Å²) >= 11 is 0. The maximum atomic E-state index is 12.0. The molecule has 1 rings (SSSR count). The van der Waals surface area contributed by atoms with Crippen LogP contribution in [-0.4, -0.2) is 33.9 Å². The summed E-state index contributed by atoms with van der Waals surface area (Å²) in [5, 5.41) is 16.0. The van der Waals surface area contributed by atoms with E-state index in [-0.39, 0.29) is 18.4 Å². The highest BCUT2D eigenvalue weighted by Gasteiger charge is 2.15. The van der Waals surface area contributed by atoms with Crippen molar-refractivity contribution in [2.24, 2.45) is 13.0 Å². The second kappa shape index (κ2) is 6.54. The summed E-state index contributed by atoms with van der Waals surface area (Å²) in [6.45, 7) is 6.82. The van der Waals surface area contributed by atoms with E-state index in [9.17, 15) is 4.79 Å². The van der Waals surface area contributed by atoms with Crippen molar-refractivity contribution in [3.63, 3.8) is 0 Å². The number of carbonyl (C=O) groups excluding carboxylic acids is 1. The van der Waals surface area contributed by atoms with Crippen molar-refractivity contribution in [3.05, 3.63) is 17.5 Å². The summed E-state index contributed by atoms with van der Waals surface area (Å²) in [5.74, 6) is 0.476. The van der Waals surface area contributed by atoms with Gasteiger partial charge in [0.05, 0.1) is 5.69 Å². The molecule has 0 saturated carbocycles. The van der Waals surface area contributed by atoms with Crippen molar-refractivity contribution in [2.45, 2.75) is 33.1 Å². The molecule has 1 amide bonds. The molecule has 1 atom stereocenters. The van der Waals surface area contributed by atoms with Gasteiger partial charge in [0.25, 0.3) is 5.91 Å². The van der Waals surface area contributed by atoms with Gasteiger partial charge in [-0.05, 0) is 24.3 Å². The zero-order chi connectivity index (χ0) is 13.7. The van der Waals surface area contributed by atoms with Crippen molar-refractivity contribution >= 4 is 5.91 Å². The second-order valence-corrected chi connectivity index (χ2v) is 5.06. The van der Waals surface area contributed by atoms with Crippen LogP contribution in [0.4, 0.5) is 0 Å². The van der Waals surface area contributed by atoms with Crippen molar-refractivity contribution in [1.82, 2.24) is 15.1 Å². The molecule has 0 aliphatic rings. The molecular weight excluding hydrogens is 230 g/mol. The van der Waals surface area contributed by atoms with Crippen LogP contribution in [0.25, 0.3) is 0 Å². The Morgan fingerprint density at radius 2 is 2.17 bits per heavy atom. The number of carbonyl (C=O) groups is 1. The predicted molar refractivity (Wildman–Crippen MR) is 70.5 cm³/mol. The number of aryl methyl sites for hydroxylation is 1. The Hall–Kier alpha value is -1.36. The monoisotopic (exact) mass is 253 g/mol. The number of hydrogen-bond acceptors (Lipinski definition) is 3. The summed E-state index contributed by atoms with van der Waals surface area (Å²) in [5.41, 5.74) is 1.50. The summed E-state index contributed by atoms with van der Waals surface area (Å²) in [4.78, 5) is 12.0. The van der Waals surface area contributed by atoms with Crippen LogP contribution in [-0.2, 0) is 7.05 Å². The van der Waals surface area contributed by atoms with Gasteiger partial charge in [-0.2, -0.15) is 5.10 Å². The number of nitrogens with one attached hydrogen (secondary N) is 1. The summed E-state index contributed by atoms with van der Waals surface area (Å²) in [6.07, 6.45) is 0.697. The number of aliphatic hydroxyl groups excluding tert-OH is 1. The SMILES string of the molecule is CC(CCO)CNC(=O)c1cc(C(C)C)nn1C. The first-order valence-corrected chi connectivity index (χ1v) is 6.38. The quantitative estimate of drug-likeness (QED) is 0.803. The lowest BCUT2D eigenvalue weighted by molar-refractivity contribution is 0.0936. The molecule has 0 aliphatic carbocycles. The van der Waals surface area contributed by atoms with Crippen LogP contribution in [0.1, 0.15) is 49.3 Å². The number of hydrogen-bond donors (Lipinski definition) is 2. The lowest BCUT2D eigenvalue weighted by atomic mass is 10.1. The molecule has 0 fully saturated rings. The summed E-state index contributed by atoms with van der Waals surface area (Å²) in [6, 6.07) is 1.83. The molecule has 102 valence electrons. The van der Waals surface area contributed by atoms with Gasteiger partial charge in [-0.3, -0.25) is 9.48 Å². The molecular formula is C13H23N3O2. The van der Waals surface area contributed by atoms with E-state index in [2.05, 4.69) is 10.4 Å². The third kappa shape index (κ3) is 3.84. The molecule has 18 heavy (non-hydrogen) atoms. The standard InChI is InChI=1S/C13H23N3O2/c1-9(2)11-7-12(16(4)15-11)13(18)14-8-10(3)5-6-17/h7,9-10,17H,5-6,8H2,1-4H3,(H,14,18). The van der Waals surface area contributed by atoms with Gasteiger partial charge in [-0.25, -0.2) is 0 Å². The van der Waals surface area contributed by atoms with Gasteiger partial charge in [0, 0.05) is 20.2 Å². The van der Waals surface area contributed by atoms with E-state index in [1.807, 2.05) is 26.8 Å². The van der Waals surface area contributed by atoms with Gasteiger partial charge in [0.1, 0.15) is 5.69 Å². The number of aliphatic hydroxyl groups is 1. The smallest absolute Gasteiger partial charge is 0.269 e. The zero-order valence-corrected chi connectivity index (χ0v) is 11.6. The lowest BCUT2D eigenvalue weighted by Gasteiger charge is -2.10. The first kappa shape index (κ1) is 14.7. The number of aromatic nitrogens is 2. The van der Waals surface area contributed by atoms with Crippen LogP contribution in [0.15, 0.2) is 6.07 Å². The predicted octanol–water partition coefficient (Wildman–Crippen LogP) is 1.29. The Balaban J connectivity index is 2.61. The second-order valence-electron chi connectivity index (χ2n) is 5.06. The van der Waals surface area contributed by atoms with E-state index >= 15 is 0 Å². The molecule has 0 saturated heterocycles. The molecule has 0 bridgehead atoms. The van der Waals surface area contributed by atoms with Crippen molar-refractivity contribution < 1.29 is 9.90 Å². The van der Waals surface area contributed by atoms with Gasteiger partial charge in [0.2, 0.25) is 0 Å². The molecule has 1 heterocycles. The molecule has 1 aromatic heterocycles. The molecule has 0 aromatic carbocycles. The maximum absolute atomic E-state index is 12.0. The van der Waals surface area contributed by atoms with E-state index in [1.54, 1.807) is 11.7 Å². The molecule has 0 spiro atoms. The molecule has 1 unspecified atom stereocenters. The van der Waals surface area contributed by atoms with Crippen LogP contribution in [0.5, 0.6) is 0 Å². The number of amides is 1. The fourth-order valence-electron chi connectivity index (χ4n) is 1.66. The third-order valence-electron chi connectivity index (χ3n) is 2.96. The van der Waals surface area contributed by atoms with Crippen molar-refractivity contribution in [2.75, 3.05) is 13.2 Å². The molecule has 5 heteroatoms. The largest absolute Gasteiger partial charge is 0.396 e. The van der Waals surface area contributed by atoms with E-state index in [0.717, 1.165) is 5.69 Å². The van der Waals surface area contributed by atoms with Gasteiger partial charge in [-0.1, -0.05) is 20.8 Å². The average molecular weight is 253 g/mol. The molecule has 1 aromatic rings. The molecule has 5 nitrogen and oxygen atoms in total. The van der Waals surface area contributed by atoms with Crippen LogP contribution in [0.3, 0.4) is 0 Å². The third-order valence-corrected chi connectivity index (χ3v) is 2.96. The van der Waals surface area contributed by atoms with E-state index < -0.39 is 0 Å². The Bertz CT molecular complexity index is 399. The van der Waals surface area contributed by atoms with Gasteiger partial charge in [-0.15, -0.1) is 0 Å². The Morgan fingerprint density at radius 1 is 1.50 bits per heavy atom. The minimum Gasteiger partial charge on any atom is -0.396 e. The maximum Gasteiger partial charge on any atom is 0.269 e. The summed E-state index contributed by atoms with van der Waals surface area (Å²) < 4.78 is 1.61. The lowest BCUT2D eigenvalue weighted by Crippen LogP contribution is -2.30. The molecule has 0 aliphatic heterocycles. The van der Waals surface area contributed by atoms with E-state index in [0.29, 0.717) is 24.6 Å². The van der Waals surface area contributed by atoms with E-state index in [1.165, 1.54) is 0 Å². The van der Waals surface area contributed by atoms with Crippen molar-refractivity contribution in [3.8, 4) is 0 Å². The fraction of sp³-hybridized carbons (Fsp3) is 0.692. The van der Waals surface area contributed by atoms with Crippen LogP contribution in [0, 0.1) is 5.92 Å². The zero-order valence-electron chi connectivity index (χ0n) is 11.6. The first-order chi connectivity index (χ1) is 8.45. The normalized spacial score (nSPS) is 12.8. The topological polar surface area (TPSA) is 67.2 Å². The Labute approximate surface area is 108 Å². The van der Waals surface area contributed by atoms with Gasteiger partial charge in [0.15, 0.2) is 0 Å². The highest BCUT2D eigenvalue weighted by atomic mass is 16.3. The first-order valence-electron chi connectivity index (χ1n) is 6.38. The molecule has 2 N–H and O–H groups in total. The number of rotatable bonds is 6. The Morgan fingerprint density at radius 3 is 2.67 bits per heavy atom. The van der Waals surface area contributed by atoms with Crippen LogP contribution < -0.4 is 5.32 Å². The van der Waals surface area contributed by atoms with Gasteiger partial charge < -0.3 is 10.4 Å². The van der Waals surface area contributed by atoms with Gasteiger partial charge >= 0.3 is 0 Å². The highest BCUT2D eigenvalue weighted by Crippen LogP contribution is 2.13. The minimum absolute atomic E-state index is 0.110. The minimum atomic E-state index is -0.110. The van der Waals surface area contributed by atoms with Crippen molar-refractivity contribution in [1.29, 1.82) is 0 Å². The highest BCUT2D eigenvalue weighted by molar-refractivity contribution is 5.92. The summed E-state index contributed by atoms with van der Waals surface area (Å²) in [7, 11) is 1.78. The van der Waals surface area contributed by atoms with Crippen LogP contribution in [0.2, 0.25) is 0 Å². The fourth-order valence-corrected chi connectivity index (χ4v) is 1.66. The average Bonchev–Trinajstić information content (AvgIpc) is 2.69. The van der Waals surface area contributed by atoms with Crippen LogP contribution >= 0.6 is 0 Å².